The van der Waals surface area contributed by atoms with Crippen molar-refractivity contribution in [1.29, 1.82) is 0 Å². The van der Waals surface area contributed by atoms with Crippen molar-refractivity contribution in [3.05, 3.63) is 0 Å². The molecule has 0 radical (unpaired) electrons. The minimum absolute atomic E-state index is 0.786. The van der Waals surface area contributed by atoms with Gasteiger partial charge in [0.25, 0.3) is 0 Å². The van der Waals surface area contributed by atoms with E-state index in [0.29, 0.717) is 0 Å². The van der Waals surface area contributed by atoms with Crippen LogP contribution in [-0.2, 0) is 0 Å². The molecule has 3 unspecified atom stereocenters. The summed E-state index contributed by atoms with van der Waals surface area (Å²) < 4.78 is 0. The summed E-state index contributed by atoms with van der Waals surface area (Å²) in [5.74, 6) is 0.901. The van der Waals surface area contributed by atoms with Crippen LogP contribution in [-0.4, -0.2) is 49.2 Å². The number of rotatable bonds is 7. The predicted molar refractivity (Wildman–Crippen MR) is 80.4 cm³/mol. The monoisotopic (exact) mass is 265 g/mol. The minimum atomic E-state index is 0.786. The first-order chi connectivity index (χ1) is 9.38. The second kappa shape index (κ2) is 6.55. The standard InChI is InChI=1S/C16H31N3/c1-2-19(13-8-9-13)12-11-18-15-6-3-5-14(15)16-7-4-10-17-16/h13-18H,2-12H2,1H3. The van der Waals surface area contributed by atoms with Gasteiger partial charge in [-0.05, 0) is 57.5 Å². The maximum Gasteiger partial charge on any atom is 0.0111 e. The Morgan fingerprint density at radius 3 is 2.68 bits per heavy atom. The zero-order valence-corrected chi connectivity index (χ0v) is 12.5. The fraction of sp³-hybridized carbons (Fsp3) is 1.00. The van der Waals surface area contributed by atoms with Crippen LogP contribution in [0, 0.1) is 5.92 Å². The number of nitrogens with zero attached hydrogens (tertiary/aromatic N) is 1. The Bertz CT molecular complexity index is 271. The molecule has 3 heteroatoms. The number of likely N-dealkylation sites (N-methyl/N-ethyl adjacent to an activating group) is 1. The lowest BCUT2D eigenvalue weighted by Gasteiger charge is -2.28. The summed E-state index contributed by atoms with van der Waals surface area (Å²) in [5.41, 5.74) is 0. The summed E-state index contributed by atoms with van der Waals surface area (Å²) in [7, 11) is 0. The van der Waals surface area contributed by atoms with Gasteiger partial charge in [-0.15, -0.1) is 0 Å². The first kappa shape index (κ1) is 13.8. The maximum atomic E-state index is 3.87. The third kappa shape index (κ3) is 3.50. The zero-order chi connectivity index (χ0) is 13.1. The van der Waals surface area contributed by atoms with Crippen molar-refractivity contribution in [3.8, 4) is 0 Å². The maximum absolute atomic E-state index is 3.87. The summed E-state index contributed by atoms with van der Waals surface area (Å²) >= 11 is 0. The fourth-order valence-electron chi connectivity index (χ4n) is 4.23. The van der Waals surface area contributed by atoms with E-state index in [0.717, 1.165) is 24.0 Å². The molecule has 1 saturated heterocycles. The second-order valence-corrected chi connectivity index (χ2v) is 6.72. The highest BCUT2D eigenvalue weighted by molar-refractivity contribution is 4.93. The molecule has 3 nitrogen and oxygen atoms in total. The van der Waals surface area contributed by atoms with Gasteiger partial charge in [-0.25, -0.2) is 0 Å². The Morgan fingerprint density at radius 2 is 2.00 bits per heavy atom. The number of hydrogen-bond acceptors (Lipinski definition) is 3. The van der Waals surface area contributed by atoms with Gasteiger partial charge in [0.15, 0.2) is 0 Å². The van der Waals surface area contributed by atoms with E-state index in [-0.39, 0.29) is 0 Å². The Morgan fingerprint density at radius 1 is 1.11 bits per heavy atom. The van der Waals surface area contributed by atoms with Crippen LogP contribution in [0.2, 0.25) is 0 Å². The van der Waals surface area contributed by atoms with Crippen molar-refractivity contribution < 1.29 is 0 Å². The molecular formula is C16H31N3. The molecule has 0 aromatic rings. The van der Waals surface area contributed by atoms with Crippen LogP contribution in [0.3, 0.4) is 0 Å². The largest absolute Gasteiger partial charge is 0.314 e. The molecule has 0 spiro atoms. The SMILES string of the molecule is CCN(CCNC1CCCC1C1CCCN1)C1CC1. The van der Waals surface area contributed by atoms with Gasteiger partial charge in [-0.3, -0.25) is 4.90 Å². The van der Waals surface area contributed by atoms with E-state index in [1.54, 1.807) is 0 Å². The molecule has 0 bridgehead atoms. The van der Waals surface area contributed by atoms with E-state index in [1.165, 1.54) is 71.1 Å². The summed E-state index contributed by atoms with van der Waals surface area (Å²) in [6.07, 6.45) is 9.94. The summed E-state index contributed by atoms with van der Waals surface area (Å²) in [4.78, 5) is 2.66. The lowest BCUT2D eigenvalue weighted by molar-refractivity contribution is 0.257. The van der Waals surface area contributed by atoms with E-state index < -0.39 is 0 Å². The molecule has 2 N–H and O–H groups in total. The van der Waals surface area contributed by atoms with Gasteiger partial charge in [0.1, 0.15) is 0 Å². The van der Waals surface area contributed by atoms with Gasteiger partial charge in [-0.2, -0.15) is 0 Å². The molecule has 1 aliphatic heterocycles. The first-order valence-electron chi connectivity index (χ1n) is 8.59. The zero-order valence-electron chi connectivity index (χ0n) is 12.5. The van der Waals surface area contributed by atoms with E-state index in [1.807, 2.05) is 0 Å². The molecule has 0 aromatic heterocycles. The molecule has 2 aliphatic carbocycles. The smallest absolute Gasteiger partial charge is 0.0111 e. The Labute approximate surface area is 118 Å². The van der Waals surface area contributed by atoms with Crippen molar-refractivity contribution >= 4 is 0 Å². The second-order valence-electron chi connectivity index (χ2n) is 6.72. The Kier molecular flexibility index (Phi) is 4.78. The quantitative estimate of drug-likeness (QED) is 0.737. The summed E-state index contributed by atoms with van der Waals surface area (Å²) in [6.45, 7) is 7.23. The normalized spacial score (nSPS) is 35.4. The average molecular weight is 265 g/mol. The third-order valence-electron chi connectivity index (χ3n) is 5.46. The molecule has 3 aliphatic rings. The number of nitrogens with one attached hydrogen (secondary N) is 2. The fourth-order valence-corrected chi connectivity index (χ4v) is 4.23. The van der Waals surface area contributed by atoms with Crippen molar-refractivity contribution in [2.24, 2.45) is 5.92 Å². The van der Waals surface area contributed by atoms with Gasteiger partial charge in [0.2, 0.25) is 0 Å². The molecule has 19 heavy (non-hydrogen) atoms. The molecule has 110 valence electrons. The van der Waals surface area contributed by atoms with Gasteiger partial charge >= 0.3 is 0 Å². The van der Waals surface area contributed by atoms with Crippen molar-refractivity contribution in [1.82, 2.24) is 15.5 Å². The third-order valence-corrected chi connectivity index (χ3v) is 5.46. The van der Waals surface area contributed by atoms with Crippen LogP contribution < -0.4 is 10.6 Å². The first-order valence-corrected chi connectivity index (χ1v) is 8.59. The van der Waals surface area contributed by atoms with E-state index in [4.69, 9.17) is 0 Å². The van der Waals surface area contributed by atoms with E-state index >= 15 is 0 Å². The average Bonchev–Trinajstić information content (AvgIpc) is 2.93. The van der Waals surface area contributed by atoms with Crippen molar-refractivity contribution in [3.63, 3.8) is 0 Å². The predicted octanol–water partition coefficient (Wildman–Crippen LogP) is 1.98. The molecule has 3 rings (SSSR count). The highest BCUT2D eigenvalue weighted by Gasteiger charge is 2.34. The molecule has 3 atom stereocenters. The van der Waals surface area contributed by atoms with Crippen LogP contribution >= 0.6 is 0 Å². The molecular weight excluding hydrogens is 234 g/mol. The number of hydrogen-bond donors (Lipinski definition) is 2. The van der Waals surface area contributed by atoms with Crippen LogP contribution in [0.4, 0.5) is 0 Å². The molecule has 2 saturated carbocycles. The van der Waals surface area contributed by atoms with Gasteiger partial charge in [0.05, 0.1) is 0 Å². The highest BCUT2D eigenvalue weighted by Crippen LogP contribution is 2.32. The minimum Gasteiger partial charge on any atom is -0.314 e. The van der Waals surface area contributed by atoms with E-state index in [2.05, 4.69) is 22.5 Å². The lowest BCUT2D eigenvalue weighted by atomic mass is 9.93. The topological polar surface area (TPSA) is 27.3 Å². The summed E-state index contributed by atoms with van der Waals surface area (Å²) in [5, 5.41) is 7.59. The van der Waals surface area contributed by atoms with Crippen LogP contribution in [0.15, 0.2) is 0 Å². The van der Waals surface area contributed by atoms with Crippen molar-refractivity contribution in [2.75, 3.05) is 26.2 Å². The highest BCUT2D eigenvalue weighted by atomic mass is 15.2. The Balaban J connectivity index is 1.40. The Hall–Kier alpha value is -0.120. The van der Waals surface area contributed by atoms with Crippen LogP contribution in [0.5, 0.6) is 0 Å². The van der Waals surface area contributed by atoms with Crippen molar-refractivity contribution in [2.45, 2.75) is 70.0 Å². The lowest BCUT2D eigenvalue weighted by Crippen LogP contribution is -2.44. The van der Waals surface area contributed by atoms with Crippen LogP contribution in [0.1, 0.15) is 51.9 Å². The molecule has 0 aromatic carbocycles. The summed E-state index contributed by atoms with van der Waals surface area (Å²) in [6, 6.07) is 2.52. The van der Waals surface area contributed by atoms with Gasteiger partial charge in [0, 0.05) is 31.2 Å². The molecule has 1 heterocycles. The van der Waals surface area contributed by atoms with Crippen LogP contribution in [0.25, 0.3) is 0 Å². The van der Waals surface area contributed by atoms with Gasteiger partial charge < -0.3 is 10.6 Å². The van der Waals surface area contributed by atoms with E-state index in [9.17, 15) is 0 Å². The van der Waals surface area contributed by atoms with Gasteiger partial charge in [-0.1, -0.05) is 13.3 Å². The molecule has 3 fully saturated rings. The molecule has 0 amide bonds.